The average Bonchev–Trinajstić information content (AvgIpc) is 2.19. The van der Waals surface area contributed by atoms with E-state index in [1.54, 1.807) is 0 Å². The van der Waals surface area contributed by atoms with Gasteiger partial charge in [-0.15, -0.1) is 0 Å². The maximum absolute atomic E-state index is 12.6. The van der Waals surface area contributed by atoms with E-state index in [0.29, 0.717) is 0 Å². The molecule has 0 radical (unpaired) electrons. The molecule has 0 aromatic heterocycles. The molecule has 78 valence electrons. The number of nitriles is 1. The van der Waals surface area contributed by atoms with Crippen LogP contribution in [0.1, 0.15) is 12.8 Å². The SMILES string of the molecule is N#CCCC(=O)Oc1ccc(F)cc1Cl. The summed E-state index contributed by atoms with van der Waals surface area (Å²) in [6, 6.07) is 5.27. The molecular weight excluding hydrogens is 221 g/mol. The number of hydrogen-bond donors (Lipinski definition) is 0. The summed E-state index contributed by atoms with van der Waals surface area (Å²) in [7, 11) is 0. The number of hydrogen-bond acceptors (Lipinski definition) is 3. The van der Waals surface area contributed by atoms with Crippen molar-refractivity contribution < 1.29 is 13.9 Å². The summed E-state index contributed by atoms with van der Waals surface area (Å²) in [4.78, 5) is 11.1. The lowest BCUT2D eigenvalue weighted by Gasteiger charge is -2.04. The summed E-state index contributed by atoms with van der Waals surface area (Å²) >= 11 is 5.63. The predicted octanol–water partition coefficient (Wildman–Crippen LogP) is 2.69. The lowest BCUT2D eigenvalue weighted by atomic mass is 10.3. The molecule has 0 N–H and O–H groups in total. The van der Waals surface area contributed by atoms with Gasteiger partial charge in [-0.05, 0) is 18.2 Å². The minimum Gasteiger partial charge on any atom is -0.425 e. The lowest BCUT2D eigenvalue weighted by Crippen LogP contribution is -2.07. The van der Waals surface area contributed by atoms with Crippen molar-refractivity contribution in [2.45, 2.75) is 12.8 Å². The van der Waals surface area contributed by atoms with Crippen molar-refractivity contribution in [2.24, 2.45) is 0 Å². The van der Waals surface area contributed by atoms with E-state index in [-0.39, 0.29) is 23.6 Å². The van der Waals surface area contributed by atoms with Crippen LogP contribution in [-0.2, 0) is 4.79 Å². The Labute approximate surface area is 91.0 Å². The third-order valence-electron chi connectivity index (χ3n) is 1.56. The Balaban J connectivity index is 2.65. The van der Waals surface area contributed by atoms with Gasteiger partial charge in [0, 0.05) is 6.42 Å². The third kappa shape index (κ3) is 3.56. The normalized spacial score (nSPS) is 9.40. The minimum atomic E-state index is -0.565. The van der Waals surface area contributed by atoms with E-state index in [0.717, 1.165) is 12.1 Å². The zero-order valence-electron chi connectivity index (χ0n) is 7.67. The van der Waals surface area contributed by atoms with Crippen LogP contribution in [0, 0.1) is 17.1 Å². The Morgan fingerprint density at radius 3 is 2.93 bits per heavy atom. The smallest absolute Gasteiger partial charge is 0.312 e. The lowest BCUT2D eigenvalue weighted by molar-refractivity contribution is -0.134. The van der Waals surface area contributed by atoms with Crippen molar-refractivity contribution in [1.29, 1.82) is 5.26 Å². The third-order valence-corrected chi connectivity index (χ3v) is 1.85. The molecular formula is C10H7ClFNO2. The molecule has 0 aliphatic carbocycles. The summed E-state index contributed by atoms with van der Waals surface area (Å²) in [5, 5.41) is 8.27. The fraction of sp³-hybridized carbons (Fsp3) is 0.200. The van der Waals surface area contributed by atoms with Crippen LogP contribution in [0.3, 0.4) is 0 Å². The number of ether oxygens (including phenoxy) is 1. The first-order valence-corrected chi connectivity index (χ1v) is 4.54. The number of nitrogens with zero attached hydrogens (tertiary/aromatic N) is 1. The van der Waals surface area contributed by atoms with Gasteiger partial charge in [0.1, 0.15) is 11.6 Å². The molecule has 15 heavy (non-hydrogen) atoms. The maximum Gasteiger partial charge on any atom is 0.312 e. The molecule has 0 bridgehead atoms. The van der Waals surface area contributed by atoms with Gasteiger partial charge in [0.15, 0.2) is 0 Å². The van der Waals surface area contributed by atoms with Crippen molar-refractivity contribution in [3.05, 3.63) is 29.0 Å². The Bertz CT molecular complexity index is 414. The Morgan fingerprint density at radius 1 is 1.60 bits per heavy atom. The standard InChI is InChI=1S/C10H7ClFNO2/c11-8-6-7(12)3-4-9(8)15-10(14)2-1-5-13/h3-4,6H,1-2H2. The molecule has 5 heteroatoms. The molecule has 0 spiro atoms. The van der Waals surface area contributed by atoms with Crippen LogP contribution >= 0.6 is 11.6 Å². The molecule has 0 aliphatic rings. The second-order valence-corrected chi connectivity index (χ2v) is 3.11. The van der Waals surface area contributed by atoms with Crippen molar-refractivity contribution in [3.8, 4) is 11.8 Å². The molecule has 1 aromatic rings. The van der Waals surface area contributed by atoms with Crippen LogP contribution in [0.25, 0.3) is 0 Å². The van der Waals surface area contributed by atoms with Crippen LogP contribution in [0.4, 0.5) is 4.39 Å². The Morgan fingerprint density at radius 2 is 2.33 bits per heavy atom. The first kappa shape index (κ1) is 11.5. The summed E-state index contributed by atoms with van der Waals surface area (Å²) < 4.78 is 17.4. The van der Waals surface area contributed by atoms with Gasteiger partial charge in [0.25, 0.3) is 0 Å². The van der Waals surface area contributed by atoms with Crippen molar-refractivity contribution in [1.82, 2.24) is 0 Å². The molecule has 0 heterocycles. The van der Waals surface area contributed by atoms with E-state index in [1.807, 2.05) is 6.07 Å². The van der Waals surface area contributed by atoms with E-state index in [4.69, 9.17) is 21.6 Å². The fourth-order valence-electron chi connectivity index (χ4n) is 0.890. The summed E-state index contributed by atoms with van der Waals surface area (Å²) in [5.41, 5.74) is 0. The highest BCUT2D eigenvalue weighted by atomic mass is 35.5. The number of benzene rings is 1. The van der Waals surface area contributed by atoms with Crippen LogP contribution in [-0.4, -0.2) is 5.97 Å². The fourth-order valence-corrected chi connectivity index (χ4v) is 1.10. The highest BCUT2D eigenvalue weighted by molar-refractivity contribution is 6.32. The van der Waals surface area contributed by atoms with Gasteiger partial charge in [-0.25, -0.2) is 4.39 Å². The molecule has 0 unspecified atom stereocenters. The number of halogens is 2. The summed E-state index contributed by atoms with van der Waals surface area (Å²) in [6.07, 6.45) is 0.0713. The van der Waals surface area contributed by atoms with Crippen molar-refractivity contribution >= 4 is 17.6 Å². The Kier molecular flexibility index (Phi) is 4.07. The first-order chi connectivity index (χ1) is 7.13. The number of carbonyl (C=O) groups excluding carboxylic acids is 1. The van der Waals surface area contributed by atoms with Crippen molar-refractivity contribution in [2.75, 3.05) is 0 Å². The second kappa shape index (κ2) is 5.32. The summed E-state index contributed by atoms with van der Waals surface area (Å²) in [5.74, 6) is -0.970. The molecule has 0 saturated carbocycles. The van der Waals surface area contributed by atoms with Gasteiger partial charge in [-0.2, -0.15) is 5.26 Å². The zero-order valence-corrected chi connectivity index (χ0v) is 8.42. The number of carbonyl (C=O) groups is 1. The van der Waals surface area contributed by atoms with Gasteiger partial charge in [-0.3, -0.25) is 4.79 Å². The highest BCUT2D eigenvalue weighted by Crippen LogP contribution is 2.25. The maximum atomic E-state index is 12.6. The largest absolute Gasteiger partial charge is 0.425 e. The quantitative estimate of drug-likeness (QED) is 0.589. The van der Waals surface area contributed by atoms with Crippen molar-refractivity contribution in [3.63, 3.8) is 0 Å². The van der Waals surface area contributed by atoms with Gasteiger partial charge in [0.05, 0.1) is 17.5 Å². The highest BCUT2D eigenvalue weighted by Gasteiger charge is 2.08. The van der Waals surface area contributed by atoms with Gasteiger partial charge < -0.3 is 4.74 Å². The number of esters is 1. The number of rotatable bonds is 3. The monoisotopic (exact) mass is 227 g/mol. The molecule has 1 aromatic carbocycles. The van der Waals surface area contributed by atoms with Crippen LogP contribution in [0.5, 0.6) is 5.75 Å². The second-order valence-electron chi connectivity index (χ2n) is 2.71. The van der Waals surface area contributed by atoms with E-state index >= 15 is 0 Å². The molecule has 0 amide bonds. The van der Waals surface area contributed by atoms with Gasteiger partial charge in [0.2, 0.25) is 0 Å². The predicted molar refractivity (Wildman–Crippen MR) is 51.9 cm³/mol. The molecule has 1 rings (SSSR count). The van der Waals surface area contributed by atoms with E-state index in [1.165, 1.54) is 6.07 Å². The minimum absolute atomic E-state index is 0.00972. The van der Waals surface area contributed by atoms with E-state index in [9.17, 15) is 9.18 Å². The molecule has 0 atom stereocenters. The van der Waals surface area contributed by atoms with Crippen LogP contribution in [0.15, 0.2) is 18.2 Å². The van der Waals surface area contributed by atoms with E-state index < -0.39 is 11.8 Å². The van der Waals surface area contributed by atoms with Crippen LogP contribution in [0.2, 0.25) is 5.02 Å². The molecule has 3 nitrogen and oxygen atoms in total. The topological polar surface area (TPSA) is 50.1 Å². The first-order valence-electron chi connectivity index (χ1n) is 4.16. The molecule has 0 fully saturated rings. The summed E-state index contributed by atoms with van der Waals surface area (Å²) in [6.45, 7) is 0. The average molecular weight is 228 g/mol. The molecule has 0 aliphatic heterocycles. The van der Waals surface area contributed by atoms with Crippen LogP contribution < -0.4 is 4.74 Å². The zero-order chi connectivity index (χ0) is 11.3. The van der Waals surface area contributed by atoms with Gasteiger partial charge >= 0.3 is 5.97 Å². The van der Waals surface area contributed by atoms with Gasteiger partial charge in [-0.1, -0.05) is 11.6 Å². The van der Waals surface area contributed by atoms with E-state index in [2.05, 4.69) is 0 Å². The molecule has 0 saturated heterocycles. The Hall–Kier alpha value is -1.60.